The van der Waals surface area contributed by atoms with Gasteiger partial charge in [-0.15, -0.1) is 0 Å². The van der Waals surface area contributed by atoms with Crippen molar-refractivity contribution in [2.45, 2.75) is 37.9 Å². The summed E-state index contributed by atoms with van der Waals surface area (Å²) in [6.07, 6.45) is -2.77. The SMILES string of the molecule is C[N+](C)(C)C[C@H](O)CC(=O)O.C[N+](C)(C)C[C@H](O)CC(=O)O.O=C([O-])CCC(=O)[O-]. The minimum Gasteiger partial charge on any atom is -0.550 e. The molecule has 0 saturated heterocycles. The van der Waals surface area contributed by atoms with Gasteiger partial charge in [-0.05, 0) is 12.8 Å². The van der Waals surface area contributed by atoms with Gasteiger partial charge < -0.3 is 49.2 Å². The van der Waals surface area contributed by atoms with Crippen LogP contribution in [-0.2, 0) is 19.2 Å². The zero-order valence-electron chi connectivity index (χ0n) is 18.5. The highest BCUT2D eigenvalue weighted by Crippen LogP contribution is 1.99. The Morgan fingerprint density at radius 3 is 1.03 bits per heavy atom. The zero-order chi connectivity index (χ0) is 24.7. The molecule has 4 N–H and O–H groups in total. The van der Waals surface area contributed by atoms with E-state index in [0.717, 1.165) is 0 Å². The van der Waals surface area contributed by atoms with Crippen molar-refractivity contribution in [1.82, 2.24) is 0 Å². The molecule has 0 aliphatic carbocycles. The maximum Gasteiger partial charge on any atom is 0.306 e. The smallest absolute Gasteiger partial charge is 0.306 e. The number of aliphatic hydroxyl groups is 2. The third kappa shape index (κ3) is 36.6. The number of hydrogen-bond acceptors (Lipinski definition) is 8. The monoisotopic (exact) mass is 440 g/mol. The molecule has 0 fully saturated rings. The predicted molar refractivity (Wildman–Crippen MR) is 102 cm³/mol. The maximum absolute atomic E-state index is 10.1. The fourth-order valence-corrected chi connectivity index (χ4v) is 2.00. The highest BCUT2D eigenvalue weighted by molar-refractivity contribution is 5.72. The molecule has 0 aromatic heterocycles. The van der Waals surface area contributed by atoms with Gasteiger partial charge in [0.15, 0.2) is 0 Å². The summed E-state index contributed by atoms with van der Waals surface area (Å²) < 4.78 is 1.16. The first kappa shape index (κ1) is 32.4. The molecule has 0 amide bonds. The van der Waals surface area contributed by atoms with Gasteiger partial charge in [-0.1, -0.05) is 0 Å². The number of hydrogen-bond donors (Lipinski definition) is 4. The average Bonchev–Trinajstić information content (AvgIpc) is 2.40. The minimum atomic E-state index is -1.37. The van der Waals surface area contributed by atoms with Crippen LogP contribution in [-0.4, -0.2) is 121 Å². The number of quaternary nitrogens is 2. The van der Waals surface area contributed by atoms with Crippen molar-refractivity contribution in [3.63, 3.8) is 0 Å². The summed E-state index contributed by atoms with van der Waals surface area (Å²) in [4.78, 5) is 39.3. The fourth-order valence-electron chi connectivity index (χ4n) is 2.00. The molecule has 2 atom stereocenters. The summed E-state index contributed by atoms with van der Waals surface area (Å²) in [5.41, 5.74) is 0. The number of nitrogens with zero attached hydrogens (tertiary/aromatic N) is 2. The first-order chi connectivity index (χ1) is 13.2. The number of carboxylic acid groups (broad SMARTS) is 4. The third-order valence-corrected chi connectivity index (χ3v) is 2.87. The van der Waals surface area contributed by atoms with E-state index in [1.54, 1.807) is 0 Å². The van der Waals surface area contributed by atoms with E-state index >= 15 is 0 Å². The molecule has 0 unspecified atom stereocenters. The van der Waals surface area contributed by atoms with Gasteiger partial charge in [0.2, 0.25) is 0 Å². The van der Waals surface area contributed by atoms with Crippen LogP contribution in [0.25, 0.3) is 0 Å². The molecular weight excluding hydrogens is 404 g/mol. The molecule has 12 nitrogen and oxygen atoms in total. The molecule has 0 rings (SSSR count). The number of carboxylic acids is 4. The predicted octanol–water partition coefficient (Wildman–Crippen LogP) is -3.68. The summed E-state index contributed by atoms with van der Waals surface area (Å²) in [5.74, 6) is -4.64. The van der Waals surface area contributed by atoms with Crippen LogP contribution in [0, 0.1) is 0 Å². The number of aliphatic carboxylic acids is 4. The van der Waals surface area contributed by atoms with Gasteiger partial charge in [0.25, 0.3) is 0 Å². The van der Waals surface area contributed by atoms with E-state index in [9.17, 15) is 29.4 Å². The molecular formula is C18H36N2O10. The minimum absolute atomic E-state index is 0.171. The molecule has 0 aromatic carbocycles. The molecule has 0 radical (unpaired) electrons. The summed E-state index contributed by atoms with van der Waals surface area (Å²) in [7, 11) is 11.4. The van der Waals surface area contributed by atoms with Crippen molar-refractivity contribution in [2.24, 2.45) is 0 Å². The van der Waals surface area contributed by atoms with Crippen LogP contribution in [0.5, 0.6) is 0 Å². The van der Waals surface area contributed by atoms with E-state index in [-0.39, 0.29) is 12.8 Å². The van der Waals surface area contributed by atoms with Crippen LogP contribution in [0.3, 0.4) is 0 Å². The fraction of sp³-hybridized carbons (Fsp3) is 0.778. The van der Waals surface area contributed by atoms with Gasteiger partial charge in [0, 0.05) is 11.9 Å². The molecule has 0 saturated carbocycles. The average molecular weight is 440 g/mol. The summed E-state index contributed by atoms with van der Waals surface area (Å²) in [5, 5.41) is 53.9. The second kappa shape index (κ2) is 15.5. The summed E-state index contributed by atoms with van der Waals surface area (Å²) >= 11 is 0. The van der Waals surface area contributed by atoms with Gasteiger partial charge in [0.05, 0.1) is 55.1 Å². The van der Waals surface area contributed by atoms with Crippen LogP contribution in [0.1, 0.15) is 25.7 Å². The quantitative estimate of drug-likeness (QED) is 0.232. The number of rotatable bonds is 11. The molecule has 0 heterocycles. The van der Waals surface area contributed by atoms with Crippen molar-refractivity contribution in [2.75, 3.05) is 55.4 Å². The first-order valence-corrected chi connectivity index (χ1v) is 9.05. The van der Waals surface area contributed by atoms with Gasteiger partial charge in [-0.3, -0.25) is 9.59 Å². The molecule has 0 aliphatic rings. The molecule has 30 heavy (non-hydrogen) atoms. The molecule has 0 bridgehead atoms. The lowest BCUT2D eigenvalue weighted by Gasteiger charge is -2.25. The van der Waals surface area contributed by atoms with E-state index in [1.807, 2.05) is 42.3 Å². The Bertz CT molecular complexity index is 490. The number of carbonyl (C=O) groups excluding carboxylic acids is 2. The van der Waals surface area contributed by atoms with Gasteiger partial charge in [-0.2, -0.15) is 0 Å². The first-order valence-electron chi connectivity index (χ1n) is 9.05. The molecule has 12 heteroatoms. The summed E-state index contributed by atoms with van der Waals surface area (Å²) in [6.45, 7) is 0.929. The lowest BCUT2D eigenvalue weighted by Crippen LogP contribution is -2.42. The van der Waals surface area contributed by atoms with E-state index < -0.39 is 48.9 Å². The standard InChI is InChI=1S/2C7H15NO3.C4H6O4/c2*1-8(2,3)5-6(9)4-7(10)11;5-3(6)1-2-4(7)8/h2*6,9H,4-5H2,1-3H3;1-2H2,(H,5,6)(H,7,8)/t2*6-;/m11./s1. The van der Waals surface area contributed by atoms with Crippen LogP contribution in [0.15, 0.2) is 0 Å². The lowest BCUT2D eigenvalue weighted by molar-refractivity contribution is -0.873. The highest BCUT2D eigenvalue weighted by Gasteiger charge is 2.18. The third-order valence-electron chi connectivity index (χ3n) is 2.87. The van der Waals surface area contributed by atoms with Crippen LogP contribution in [0.2, 0.25) is 0 Å². The van der Waals surface area contributed by atoms with Crippen LogP contribution < -0.4 is 10.2 Å². The Morgan fingerprint density at radius 1 is 0.667 bits per heavy atom. The van der Waals surface area contributed by atoms with Crippen molar-refractivity contribution in [3.05, 3.63) is 0 Å². The second-order valence-electron chi connectivity index (χ2n) is 8.69. The number of carbonyl (C=O) groups is 4. The van der Waals surface area contributed by atoms with Crippen molar-refractivity contribution in [1.29, 1.82) is 0 Å². The summed E-state index contributed by atoms with van der Waals surface area (Å²) in [6, 6.07) is 0. The van der Waals surface area contributed by atoms with Crippen LogP contribution >= 0.6 is 0 Å². The molecule has 0 aromatic rings. The van der Waals surface area contributed by atoms with E-state index in [0.29, 0.717) is 22.1 Å². The molecule has 178 valence electrons. The Hall–Kier alpha value is -2.28. The number of aliphatic hydroxyl groups excluding tert-OH is 2. The van der Waals surface area contributed by atoms with Crippen molar-refractivity contribution < 1.29 is 58.8 Å². The van der Waals surface area contributed by atoms with Crippen LogP contribution in [0.4, 0.5) is 0 Å². The van der Waals surface area contributed by atoms with Gasteiger partial charge in [-0.25, -0.2) is 0 Å². The molecule has 0 aliphatic heterocycles. The largest absolute Gasteiger partial charge is 0.550 e. The molecule has 0 spiro atoms. The van der Waals surface area contributed by atoms with Gasteiger partial charge in [0.1, 0.15) is 25.3 Å². The van der Waals surface area contributed by atoms with Crippen molar-refractivity contribution in [3.8, 4) is 0 Å². The Morgan fingerprint density at radius 2 is 0.900 bits per heavy atom. The topological polar surface area (TPSA) is 195 Å². The van der Waals surface area contributed by atoms with E-state index in [4.69, 9.17) is 20.4 Å². The Kier molecular flexibility index (Phi) is 16.8. The maximum atomic E-state index is 10.1. The van der Waals surface area contributed by atoms with Crippen molar-refractivity contribution >= 4 is 23.9 Å². The normalized spacial score (nSPS) is 12.9. The lowest BCUT2D eigenvalue weighted by atomic mass is 10.2. The number of likely N-dealkylation sites (N-methyl/N-ethyl adjacent to an activating group) is 2. The second-order valence-corrected chi connectivity index (χ2v) is 8.69. The van der Waals surface area contributed by atoms with E-state index in [2.05, 4.69) is 0 Å². The zero-order valence-corrected chi connectivity index (χ0v) is 18.5. The Balaban J connectivity index is -0.000000370. The van der Waals surface area contributed by atoms with E-state index in [1.165, 1.54) is 0 Å². The highest BCUT2D eigenvalue weighted by atomic mass is 16.4. The van der Waals surface area contributed by atoms with Gasteiger partial charge >= 0.3 is 11.9 Å². The Labute approximate surface area is 176 Å².